The second-order valence-corrected chi connectivity index (χ2v) is 12.1. The van der Waals surface area contributed by atoms with Crippen LogP contribution < -0.4 is 5.11 Å². The molecule has 0 aromatic heterocycles. The molecular formula is C15H30F6N2O2Si2Sr. The molecule has 0 aliphatic heterocycles. The van der Waals surface area contributed by atoms with Crippen LogP contribution >= 0.6 is 0 Å². The zero-order valence-electron chi connectivity index (χ0n) is 17.2. The van der Waals surface area contributed by atoms with E-state index in [1.807, 2.05) is 0 Å². The van der Waals surface area contributed by atoms with Crippen molar-refractivity contribution in [3.63, 3.8) is 0 Å². The summed E-state index contributed by atoms with van der Waals surface area (Å²) in [6.45, 7) is 10.3. The third-order valence-electron chi connectivity index (χ3n) is 3.22. The maximum atomic E-state index is 12.5. The van der Waals surface area contributed by atoms with E-state index in [-0.39, 0.29) is 71.6 Å². The Morgan fingerprint density at radius 1 is 1.00 bits per heavy atom. The van der Waals surface area contributed by atoms with E-state index in [0.717, 1.165) is 4.90 Å². The summed E-state index contributed by atoms with van der Waals surface area (Å²) in [7, 11) is 0.170. The van der Waals surface area contributed by atoms with Crippen LogP contribution in [0, 0.1) is 0 Å². The monoisotopic (exact) mass is 528 g/mol. The van der Waals surface area contributed by atoms with Crippen molar-refractivity contribution in [2.45, 2.75) is 50.6 Å². The summed E-state index contributed by atoms with van der Waals surface area (Å²) < 4.78 is 84.1. The Balaban J connectivity index is -0.000000665. The molecule has 0 spiro atoms. The van der Waals surface area contributed by atoms with Crippen LogP contribution in [0.25, 0.3) is 4.65 Å². The summed E-state index contributed by atoms with van der Waals surface area (Å²) in [5, 5.41) is 11.3. The minimum Gasteiger partial charge on any atom is -0.835 e. The first-order valence-corrected chi connectivity index (χ1v) is 14.1. The Morgan fingerprint density at radius 2 is 1.43 bits per heavy atom. The number of methoxy groups -OCH3 is 1. The third-order valence-corrected chi connectivity index (χ3v) is 7.99. The first-order valence-electron chi connectivity index (χ1n) is 8.48. The zero-order valence-corrected chi connectivity index (χ0v) is 22.9. The quantitative estimate of drug-likeness (QED) is 0.249. The van der Waals surface area contributed by atoms with Gasteiger partial charge < -0.3 is 19.4 Å². The SMILES string of the molecule is C=CCCN(CCOC)CC([O-])(C(F)(F)F)C(F)(F)F.C[SiH](C)[N-][SiH](C)C.[Sr+2]. The fraction of sp³-hybridized carbons (Fsp3) is 0.867. The number of alkyl halides is 6. The van der Waals surface area contributed by atoms with E-state index in [0.29, 0.717) is 0 Å². The molecule has 0 aliphatic rings. The molecular weight excluding hydrogens is 498 g/mol. The van der Waals surface area contributed by atoms with Gasteiger partial charge in [-0.05, 0) is 6.42 Å². The Labute approximate surface area is 204 Å². The van der Waals surface area contributed by atoms with Gasteiger partial charge in [0.15, 0.2) is 0 Å². The second kappa shape index (κ2) is 15.8. The van der Waals surface area contributed by atoms with Crippen molar-refractivity contribution in [2.24, 2.45) is 0 Å². The van der Waals surface area contributed by atoms with Crippen LogP contribution in [0.2, 0.25) is 26.2 Å². The normalized spacial score (nSPS) is 12.7. The molecule has 164 valence electrons. The van der Waals surface area contributed by atoms with Gasteiger partial charge in [-0.1, -0.05) is 50.2 Å². The molecule has 0 aliphatic carbocycles. The number of hydrogen-bond acceptors (Lipinski definition) is 3. The van der Waals surface area contributed by atoms with Crippen molar-refractivity contribution in [1.82, 2.24) is 4.90 Å². The first-order chi connectivity index (χ1) is 12.1. The fourth-order valence-corrected chi connectivity index (χ4v) is 6.79. The van der Waals surface area contributed by atoms with Crippen LogP contribution in [0.4, 0.5) is 26.3 Å². The molecule has 0 radical (unpaired) electrons. The summed E-state index contributed by atoms with van der Waals surface area (Å²) in [6.07, 6.45) is -10.3. The van der Waals surface area contributed by atoms with E-state index in [1.165, 1.54) is 13.2 Å². The van der Waals surface area contributed by atoms with Crippen LogP contribution in [0.15, 0.2) is 12.7 Å². The average Bonchev–Trinajstić information content (AvgIpc) is 2.46. The van der Waals surface area contributed by atoms with Gasteiger partial charge >= 0.3 is 57.8 Å². The molecule has 28 heavy (non-hydrogen) atoms. The topological polar surface area (TPSA) is 49.6 Å². The summed E-state index contributed by atoms with van der Waals surface area (Å²) in [5.41, 5.74) is -5.02. The number of nitrogens with zero attached hydrogens (tertiary/aromatic N) is 2. The smallest absolute Gasteiger partial charge is 0.835 e. The van der Waals surface area contributed by atoms with E-state index in [2.05, 4.69) is 42.2 Å². The van der Waals surface area contributed by atoms with Gasteiger partial charge in [0.1, 0.15) is 0 Å². The van der Waals surface area contributed by atoms with Crippen molar-refractivity contribution in [3.8, 4) is 0 Å². The van der Waals surface area contributed by atoms with E-state index >= 15 is 0 Å². The largest absolute Gasteiger partial charge is 2.00 e. The van der Waals surface area contributed by atoms with E-state index in [4.69, 9.17) is 0 Å². The van der Waals surface area contributed by atoms with E-state index in [9.17, 15) is 31.4 Å². The molecule has 0 amide bonds. The van der Waals surface area contributed by atoms with Crippen molar-refractivity contribution < 1.29 is 36.2 Å². The Morgan fingerprint density at radius 3 is 1.68 bits per heavy atom. The molecule has 13 heteroatoms. The van der Waals surface area contributed by atoms with Gasteiger partial charge in [0, 0.05) is 26.7 Å². The second-order valence-electron chi connectivity index (χ2n) is 6.51. The van der Waals surface area contributed by atoms with E-state index in [1.54, 1.807) is 0 Å². The van der Waals surface area contributed by atoms with Crippen molar-refractivity contribution >= 4 is 63.4 Å². The summed E-state index contributed by atoms with van der Waals surface area (Å²) in [6, 6.07) is 0. The zero-order chi connectivity index (χ0) is 21.9. The molecule has 0 saturated heterocycles. The molecule has 0 N–H and O–H groups in total. The Kier molecular flexibility index (Phi) is 19.0. The van der Waals surface area contributed by atoms with Gasteiger partial charge in [-0.3, -0.25) is 0 Å². The molecule has 0 rings (SSSR count). The Hall–Kier alpha value is 1.07. The minimum absolute atomic E-state index is 0. The predicted octanol–water partition coefficient (Wildman–Crippen LogP) is 2.68. The first kappa shape index (κ1) is 33.7. The summed E-state index contributed by atoms with van der Waals surface area (Å²) in [5.74, 6) is 0. The standard InChI is InChI=1S/C11H16F6NO2.C4H14NSi2.Sr/c1-3-4-5-18(6-7-20-2)8-9(19,10(12,13)14)11(15,16)17;1-6(2)5-7(3)4;/h3H,1,4-8H2,2H3;6-7H,1-4H3;/q2*-1;+2. The summed E-state index contributed by atoms with van der Waals surface area (Å²) >= 11 is 0. The van der Waals surface area contributed by atoms with Crippen LogP contribution in [0.5, 0.6) is 0 Å². The fourth-order valence-electron chi connectivity index (χ4n) is 2.02. The number of rotatable bonds is 10. The predicted molar refractivity (Wildman–Crippen MR) is 105 cm³/mol. The molecule has 0 atom stereocenters. The number of ether oxygens (including phenoxy) is 1. The maximum absolute atomic E-state index is 12.5. The van der Waals surface area contributed by atoms with Gasteiger partial charge in [0.05, 0.1) is 12.2 Å². The minimum atomic E-state index is -5.93. The van der Waals surface area contributed by atoms with Gasteiger partial charge in [-0.25, -0.2) is 0 Å². The molecule has 0 heterocycles. The van der Waals surface area contributed by atoms with Gasteiger partial charge in [0.2, 0.25) is 0 Å². The Bertz CT molecular complexity index is 393. The molecule has 0 aromatic rings. The van der Waals surface area contributed by atoms with Crippen molar-refractivity contribution in [1.29, 1.82) is 0 Å². The molecule has 0 unspecified atom stereocenters. The molecule has 0 saturated carbocycles. The van der Waals surface area contributed by atoms with Crippen LogP contribution in [-0.4, -0.2) is 120 Å². The van der Waals surface area contributed by atoms with Crippen LogP contribution in [0.1, 0.15) is 6.42 Å². The molecule has 0 bridgehead atoms. The molecule has 4 nitrogen and oxygen atoms in total. The summed E-state index contributed by atoms with van der Waals surface area (Å²) in [4.78, 5) is 0.777. The van der Waals surface area contributed by atoms with Crippen LogP contribution in [0.3, 0.4) is 0 Å². The van der Waals surface area contributed by atoms with Crippen molar-refractivity contribution in [2.75, 3.05) is 33.4 Å². The van der Waals surface area contributed by atoms with Gasteiger partial charge in [-0.15, -0.1) is 6.58 Å². The number of halogens is 6. The van der Waals surface area contributed by atoms with Crippen LogP contribution in [-0.2, 0) is 4.74 Å². The molecule has 0 fully saturated rings. The van der Waals surface area contributed by atoms with Crippen molar-refractivity contribution in [3.05, 3.63) is 17.3 Å². The average molecular weight is 528 g/mol. The van der Waals surface area contributed by atoms with E-state index < -0.39 is 42.4 Å². The van der Waals surface area contributed by atoms with Gasteiger partial charge in [-0.2, -0.15) is 26.3 Å². The number of hydrogen-bond donors (Lipinski definition) is 0. The third kappa shape index (κ3) is 14.1. The maximum Gasteiger partial charge on any atom is 2.00 e. The molecule has 0 aromatic carbocycles. The van der Waals surface area contributed by atoms with Gasteiger partial charge in [0.25, 0.3) is 0 Å².